The topological polar surface area (TPSA) is 49.3 Å². The third kappa shape index (κ3) is 5.01. The minimum Gasteiger partial charge on any atom is -0.396 e. The first-order valence-electron chi connectivity index (χ1n) is 5.91. The van der Waals surface area contributed by atoms with Crippen LogP contribution < -0.4 is 5.32 Å². The third-order valence-electron chi connectivity index (χ3n) is 2.60. The lowest BCUT2D eigenvalue weighted by molar-refractivity contribution is -0.118. The van der Waals surface area contributed by atoms with Gasteiger partial charge < -0.3 is 10.4 Å². The van der Waals surface area contributed by atoms with E-state index >= 15 is 0 Å². The van der Waals surface area contributed by atoms with E-state index in [1.165, 1.54) is 24.3 Å². The summed E-state index contributed by atoms with van der Waals surface area (Å²) in [6.07, 6.45) is 3.00. The molecule has 104 valence electrons. The molecule has 0 saturated heterocycles. The molecule has 0 radical (unpaired) electrons. The van der Waals surface area contributed by atoms with E-state index in [4.69, 9.17) is 16.7 Å². The maximum absolute atomic E-state index is 13.5. The molecule has 0 spiro atoms. The van der Waals surface area contributed by atoms with Crippen molar-refractivity contribution in [1.82, 2.24) is 5.32 Å². The fraction of sp³-hybridized carbons (Fsp3) is 0.357. The summed E-state index contributed by atoms with van der Waals surface area (Å²) >= 11 is 5.84. The summed E-state index contributed by atoms with van der Waals surface area (Å²) < 4.78 is 13.5. The smallest absolute Gasteiger partial charge is 0.244 e. The van der Waals surface area contributed by atoms with Crippen LogP contribution in [-0.4, -0.2) is 23.2 Å². The number of halogens is 2. The van der Waals surface area contributed by atoms with Crippen molar-refractivity contribution in [2.45, 2.75) is 25.8 Å². The van der Waals surface area contributed by atoms with Crippen LogP contribution in [0.15, 0.2) is 24.3 Å². The number of aliphatic hydroxyl groups excluding tert-OH is 1. The van der Waals surface area contributed by atoms with E-state index in [1.807, 2.05) is 0 Å². The minimum absolute atomic E-state index is 0.0177. The molecule has 0 unspecified atom stereocenters. The predicted molar refractivity (Wildman–Crippen MR) is 74.4 cm³/mol. The largest absolute Gasteiger partial charge is 0.396 e. The number of rotatable bonds is 5. The normalized spacial score (nSPS) is 11.8. The van der Waals surface area contributed by atoms with Crippen molar-refractivity contribution in [1.29, 1.82) is 0 Å². The molecule has 0 saturated carbocycles. The quantitative estimate of drug-likeness (QED) is 0.817. The van der Waals surface area contributed by atoms with Gasteiger partial charge in [0.2, 0.25) is 5.91 Å². The highest BCUT2D eigenvalue weighted by atomic mass is 35.5. The van der Waals surface area contributed by atoms with E-state index in [0.717, 1.165) is 0 Å². The predicted octanol–water partition coefficient (Wildman–Crippen LogP) is 2.77. The number of hydrogen-bond donors (Lipinski definition) is 2. The van der Waals surface area contributed by atoms with Gasteiger partial charge in [-0.15, -0.1) is 0 Å². The van der Waals surface area contributed by atoms with Gasteiger partial charge in [-0.2, -0.15) is 0 Å². The van der Waals surface area contributed by atoms with Crippen LogP contribution in [0.3, 0.4) is 0 Å². The Morgan fingerprint density at radius 2 is 2.21 bits per heavy atom. The van der Waals surface area contributed by atoms with Gasteiger partial charge in [0.15, 0.2) is 0 Å². The summed E-state index contributed by atoms with van der Waals surface area (Å²) in [5, 5.41) is 11.8. The summed E-state index contributed by atoms with van der Waals surface area (Å²) in [4.78, 5) is 11.7. The number of aliphatic hydroxyl groups is 1. The molecule has 19 heavy (non-hydrogen) atoms. The lowest BCUT2D eigenvalue weighted by atomic mass is 10.0. The van der Waals surface area contributed by atoms with Crippen LogP contribution in [0.2, 0.25) is 5.02 Å². The maximum atomic E-state index is 13.5. The van der Waals surface area contributed by atoms with E-state index in [9.17, 15) is 9.18 Å². The molecule has 1 amide bonds. The van der Waals surface area contributed by atoms with Gasteiger partial charge in [-0.05, 0) is 38.5 Å². The van der Waals surface area contributed by atoms with Crippen LogP contribution in [0.5, 0.6) is 0 Å². The zero-order valence-corrected chi connectivity index (χ0v) is 11.7. The van der Waals surface area contributed by atoms with Crippen molar-refractivity contribution < 1.29 is 14.3 Å². The Morgan fingerprint density at radius 3 is 2.79 bits per heavy atom. The number of carbonyl (C=O) groups excluding carboxylic acids is 1. The Balaban J connectivity index is 2.74. The highest BCUT2D eigenvalue weighted by molar-refractivity contribution is 6.32. The van der Waals surface area contributed by atoms with Gasteiger partial charge in [-0.3, -0.25) is 4.79 Å². The van der Waals surface area contributed by atoms with Gasteiger partial charge in [0.1, 0.15) is 5.82 Å². The fourth-order valence-electron chi connectivity index (χ4n) is 1.55. The standard InChI is InChI=1S/C14H17ClFNO2/c1-14(2,8-9-18)17-13(19)7-6-10-11(15)4-3-5-12(10)16/h3-7,18H,8-9H2,1-2H3,(H,17,19)/b7-6+. The first-order chi connectivity index (χ1) is 8.85. The van der Waals surface area contributed by atoms with E-state index in [1.54, 1.807) is 19.9 Å². The molecule has 0 aliphatic carbocycles. The number of benzene rings is 1. The Bertz CT molecular complexity index is 466. The Labute approximate surface area is 117 Å². The lowest BCUT2D eigenvalue weighted by Crippen LogP contribution is -2.43. The lowest BCUT2D eigenvalue weighted by Gasteiger charge is -2.24. The Hall–Kier alpha value is -1.39. The SMILES string of the molecule is CC(C)(CCO)NC(=O)/C=C/c1c(F)cccc1Cl. The van der Waals surface area contributed by atoms with Crippen molar-refractivity contribution in [3.8, 4) is 0 Å². The number of nitrogens with one attached hydrogen (secondary N) is 1. The van der Waals surface area contributed by atoms with E-state index in [2.05, 4.69) is 5.32 Å². The van der Waals surface area contributed by atoms with Crippen LogP contribution in [0, 0.1) is 5.82 Å². The van der Waals surface area contributed by atoms with Gasteiger partial charge in [0.05, 0.1) is 5.02 Å². The number of amides is 1. The molecule has 0 fully saturated rings. The molecule has 0 aliphatic heterocycles. The van der Waals surface area contributed by atoms with Crippen LogP contribution >= 0.6 is 11.6 Å². The summed E-state index contributed by atoms with van der Waals surface area (Å²) in [6.45, 7) is 3.58. The van der Waals surface area contributed by atoms with Crippen molar-refractivity contribution >= 4 is 23.6 Å². The second-order valence-electron chi connectivity index (χ2n) is 4.82. The third-order valence-corrected chi connectivity index (χ3v) is 2.93. The summed E-state index contributed by atoms with van der Waals surface area (Å²) in [7, 11) is 0. The van der Waals surface area contributed by atoms with Gasteiger partial charge in [-0.1, -0.05) is 17.7 Å². The van der Waals surface area contributed by atoms with Crippen molar-refractivity contribution in [3.63, 3.8) is 0 Å². The second-order valence-corrected chi connectivity index (χ2v) is 5.22. The van der Waals surface area contributed by atoms with Crippen LogP contribution in [0.1, 0.15) is 25.8 Å². The molecule has 1 aromatic carbocycles. The Morgan fingerprint density at radius 1 is 1.53 bits per heavy atom. The van der Waals surface area contributed by atoms with Crippen LogP contribution in [-0.2, 0) is 4.79 Å². The van der Waals surface area contributed by atoms with E-state index in [0.29, 0.717) is 6.42 Å². The minimum atomic E-state index is -0.519. The molecular weight excluding hydrogens is 269 g/mol. The molecule has 3 nitrogen and oxygen atoms in total. The first-order valence-corrected chi connectivity index (χ1v) is 6.28. The first kappa shape index (κ1) is 15.7. The second kappa shape index (κ2) is 6.68. The maximum Gasteiger partial charge on any atom is 0.244 e. The highest BCUT2D eigenvalue weighted by Crippen LogP contribution is 2.20. The molecule has 0 aromatic heterocycles. The Kier molecular flexibility index (Phi) is 5.51. The van der Waals surface area contributed by atoms with Crippen molar-refractivity contribution in [3.05, 3.63) is 40.7 Å². The van der Waals surface area contributed by atoms with Gasteiger partial charge >= 0.3 is 0 Å². The molecular formula is C14H17ClFNO2. The average Bonchev–Trinajstić information content (AvgIpc) is 2.27. The molecule has 0 aliphatic rings. The molecule has 1 rings (SSSR count). The fourth-order valence-corrected chi connectivity index (χ4v) is 1.77. The monoisotopic (exact) mass is 285 g/mol. The van der Waals surface area contributed by atoms with Crippen molar-refractivity contribution in [2.24, 2.45) is 0 Å². The van der Waals surface area contributed by atoms with E-state index in [-0.39, 0.29) is 23.1 Å². The molecule has 0 atom stereocenters. The van der Waals surface area contributed by atoms with Gasteiger partial charge in [-0.25, -0.2) is 4.39 Å². The zero-order chi connectivity index (χ0) is 14.5. The molecule has 1 aromatic rings. The summed E-state index contributed by atoms with van der Waals surface area (Å²) in [5.41, 5.74) is -0.339. The summed E-state index contributed by atoms with van der Waals surface area (Å²) in [5.74, 6) is -0.844. The van der Waals surface area contributed by atoms with Crippen LogP contribution in [0.25, 0.3) is 6.08 Å². The molecule has 0 bridgehead atoms. The number of hydrogen-bond acceptors (Lipinski definition) is 2. The molecule has 2 N–H and O–H groups in total. The average molecular weight is 286 g/mol. The zero-order valence-electron chi connectivity index (χ0n) is 10.9. The van der Waals surface area contributed by atoms with E-state index < -0.39 is 11.4 Å². The van der Waals surface area contributed by atoms with Gasteiger partial charge in [0, 0.05) is 23.8 Å². The van der Waals surface area contributed by atoms with Gasteiger partial charge in [0.25, 0.3) is 0 Å². The van der Waals surface area contributed by atoms with Crippen LogP contribution in [0.4, 0.5) is 4.39 Å². The molecule has 5 heteroatoms. The highest BCUT2D eigenvalue weighted by Gasteiger charge is 2.18. The summed E-state index contributed by atoms with van der Waals surface area (Å²) in [6, 6.07) is 4.33. The van der Waals surface area contributed by atoms with Crippen molar-refractivity contribution in [2.75, 3.05) is 6.61 Å². The number of carbonyl (C=O) groups is 1. The molecule has 0 heterocycles.